The van der Waals surface area contributed by atoms with E-state index in [-0.39, 0.29) is 0 Å². The third kappa shape index (κ3) is 2.41. The van der Waals surface area contributed by atoms with Crippen LogP contribution in [0.1, 0.15) is 5.56 Å². The van der Waals surface area contributed by atoms with Crippen LogP contribution in [-0.2, 0) is 0 Å². The lowest BCUT2D eigenvalue weighted by molar-refractivity contribution is 0.670. The van der Waals surface area contributed by atoms with Crippen molar-refractivity contribution in [1.82, 2.24) is 0 Å². The molecule has 0 spiro atoms. The van der Waals surface area contributed by atoms with Crippen molar-refractivity contribution in [3.05, 3.63) is 96.6 Å². The maximum atomic E-state index is 6.27. The zero-order valence-electron chi connectivity index (χ0n) is 14.6. The lowest BCUT2D eigenvalue weighted by Gasteiger charge is -2.08. The summed E-state index contributed by atoms with van der Waals surface area (Å²) in [4.78, 5) is 0. The normalized spacial score (nSPS) is 11.3. The number of hydrogen-bond donors (Lipinski definition) is 0. The molecule has 5 aromatic rings. The minimum atomic E-state index is 0.932. The third-order valence-corrected chi connectivity index (χ3v) is 4.91. The summed E-state index contributed by atoms with van der Waals surface area (Å²) in [7, 11) is 0. The minimum absolute atomic E-state index is 0.932. The quantitative estimate of drug-likeness (QED) is 0.332. The van der Waals surface area contributed by atoms with Crippen LogP contribution in [0.5, 0.6) is 0 Å². The summed E-state index contributed by atoms with van der Waals surface area (Å²) in [6, 6.07) is 31.9. The van der Waals surface area contributed by atoms with E-state index in [0.717, 1.165) is 22.1 Å². The zero-order chi connectivity index (χ0) is 17.5. The van der Waals surface area contributed by atoms with Gasteiger partial charge in [-0.2, -0.15) is 0 Å². The fourth-order valence-electron chi connectivity index (χ4n) is 3.65. The van der Waals surface area contributed by atoms with Crippen LogP contribution in [0.3, 0.4) is 0 Å². The number of fused-ring (bicyclic) bond motifs is 3. The Kier molecular flexibility index (Phi) is 3.39. The maximum Gasteiger partial charge on any atom is 0.143 e. The number of furan rings is 1. The van der Waals surface area contributed by atoms with Gasteiger partial charge < -0.3 is 4.42 Å². The van der Waals surface area contributed by atoms with Crippen molar-refractivity contribution >= 4 is 21.9 Å². The number of hydrogen-bond acceptors (Lipinski definition) is 1. The van der Waals surface area contributed by atoms with E-state index in [1.807, 2.05) is 12.1 Å². The molecule has 0 radical (unpaired) electrons. The first-order chi connectivity index (χ1) is 12.8. The van der Waals surface area contributed by atoms with Crippen molar-refractivity contribution in [3.8, 4) is 22.3 Å². The number of aryl methyl sites for hydroxylation is 1. The Morgan fingerprint density at radius 1 is 0.577 bits per heavy atom. The van der Waals surface area contributed by atoms with E-state index in [1.165, 1.54) is 27.6 Å². The van der Waals surface area contributed by atoms with Gasteiger partial charge in [0, 0.05) is 16.3 Å². The number of para-hydroxylation sites is 1. The Balaban J connectivity index is 1.90. The molecule has 124 valence electrons. The Bertz CT molecular complexity index is 1230. The van der Waals surface area contributed by atoms with Gasteiger partial charge in [0.1, 0.15) is 11.2 Å². The average Bonchev–Trinajstić information content (AvgIpc) is 3.06. The highest BCUT2D eigenvalue weighted by atomic mass is 16.3. The molecule has 0 fully saturated rings. The van der Waals surface area contributed by atoms with E-state index < -0.39 is 0 Å². The maximum absolute atomic E-state index is 6.27. The minimum Gasteiger partial charge on any atom is -0.455 e. The molecular weight excluding hydrogens is 316 g/mol. The molecule has 0 bridgehead atoms. The molecule has 0 saturated carbocycles. The summed E-state index contributed by atoms with van der Waals surface area (Å²) in [5.41, 5.74) is 7.89. The molecule has 0 unspecified atom stereocenters. The summed E-state index contributed by atoms with van der Waals surface area (Å²) < 4.78 is 6.27. The van der Waals surface area contributed by atoms with Crippen molar-refractivity contribution in [2.45, 2.75) is 6.92 Å². The summed E-state index contributed by atoms with van der Waals surface area (Å²) in [5, 5.41) is 2.33. The van der Waals surface area contributed by atoms with Gasteiger partial charge in [-0.3, -0.25) is 0 Å². The molecule has 0 N–H and O–H groups in total. The van der Waals surface area contributed by atoms with Crippen molar-refractivity contribution in [1.29, 1.82) is 0 Å². The molecule has 0 saturated heterocycles. The molecule has 1 aromatic heterocycles. The highest BCUT2D eigenvalue weighted by molar-refractivity contribution is 6.11. The molecule has 0 aliphatic carbocycles. The van der Waals surface area contributed by atoms with Crippen LogP contribution in [0.25, 0.3) is 44.2 Å². The summed E-state index contributed by atoms with van der Waals surface area (Å²) >= 11 is 0. The van der Waals surface area contributed by atoms with Crippen LogP contribution < -0.4 is 0 Å². The number of benzene rings is 4. The van der Waals surface area contributed by atoms with Crippen molar-refractivity contribution in [2.75, 3.05) is 0 Å². The van der Waals surface area contributed by atoms with Gasteiger partial charge in [-0.1, -0.05) is 78.4 Å². The molecule has 1 heteroatoms. The standard InChI is InChI=1S/C25H18O/c1-17-8-7-11-19(14-17)22-15-20(18-9-3-2-4-10-18)16-23-21-12-5-6-13-24(21)26-25(22)23/h2-16H,1H3. The topological polar surface area (TPSA) is 13.1 Å². The SMILES string of the molecule is Cc1cccc(-c2cc(-c3ccccc3)cc3c2oc2ccccc23)c1. The Morgan fingerprint density at radius 2 is 1.35 bits per heavy atom. The van der Waals surface area contributed by atoms with Gasteiger partial charge in [-0.05, 0) is 41.8 Å². The predicted octanol–water partition coefficient (Wildman–Crippen LogP) is 7.23. The van der Waals surface area contributed by atoms with E-state index in [4.69, 9.17) is 4.42 Å². The Morgan fingerprint density at radius 3 is 2.19 bits per heavy atom. The van der Waals surface area contributed by atoms with Gasteiger partial charge in [0.25, 0.3) is 0 Å². The highest BCUT2D eigenvalue weighted by Gasteiger charge is 2.14. The highest BCUT2D eigenvalue weighted by Crippen LogP contribution is 2.39. The Hall–Kier alpha value is -3.32. The van der Waals surface area contributed by atoms with E-state index >= 15 is 0 Å². The van der Waals surface area contributed by atoms with Crippen LogP contribution in [0, 0.1) is 6.92 Å². The van der Waals surface area contributed by atoms with Crippen molar-refractivity contribution in [3.63, 3.8) is 0 Å². The molecule has 1 nitrogen and oxygen atoms in total. The molecule has 5 rings (SSSR count). The molecule has 0 aliphatic rings. The lowest BCUT2D eigenvalue weighted by Crippen LogP contribution is -1.84. The second-order valence-electron chi connectivity index (χ2n) is 6.73. The molecule has 0 amide bonds. The van der Waals surface area contributed by atoms with Crippen LogP contribution in [0.15, 0.2) is 95.4 Å². The van der Waals surface area contributed by atoms with E-state index in [0.29, 0.717) is 0 Å². The van der Waals surface area contributed by atoms with Gasteiger partial charge in [-0.15, -0.1) is 0 Å². The van der Waals surface area contributed by atoms with E-state index in [9.17, 15) is 0 Å². The molecule has 4 aromatic carbocycles. The fraction of sp³-hybridized carbons (Fsp3) is 0.0400. The first kappa shape index (κ1) is 15.0. The van der Waals surface area contributed by atoms with Crippen LogP contribution in [0.4, 0.5) is 0 Å². The van der Waals surface area contributed by atoms with E-state index in [1.54, 1.807) is 0 Å². The van der Waals surface area contributed by atoms with E-state index in [2.05, 4.69) is 85.8 Å². The molecular formula is C25H18O. The summed E-state index contributed by atoms with van der Waals surface area (Å²) in [6.07, 6.45) is 0. The average molecular weight is 334 g/mol. The van der Waals surface area contributed by atoms with Gasteiger partial charge in [0.15, 0.2) is 0 Å². The van der Waals surface area contributed by atoms with Crippen LogP contribution in [0.2, 0.25) is 0 Å². The first-order valence-corrected chi connectivity index (χ1v) is 8.87. The van der Waals surface area contributed by atoms with Crippen LogP contribution >= 0.6 is 0 Å². The largest absolute Gasteiger partial charge is 0.455 e. The smallest absolute Gasteiger partial charge is 0.143 e. The number of rotatable bonds is 2. The molecule has 1 heterocycles. The third-order valence-electron chi connectivity index (χ3n) is 4.91. The van der Waals surface area contributed by atoms with Gasteiger partial charge in [0.2, 0.25) is 0 Å². The van der Waals surface area contributed by atoms with Crippen LogP contribution in [-0.4, -0.2) is 0 Å². The van der Waals surface area contributed by atoms with Gasteiger partial charge in [0.05, 0.1) is 0 Å². The molecule has 0 aliphatic heterocycles. The van der Waals surface area contributed by atoms with Crippen molar-refractivity contribution in [2.24, 2.45) is 0 Å². The fourth-order valence-corrected chi connectivity index (χ4v) is 3.65. The second-order valence-corrected chi connectivity index (χ2v) is 6.73. The lowest BCUT2D eigenvalue weighted by atomic mass is 9.95. The predicted molar refractivity (Wildman–Crippen MR) is 109 cm³/mol. The van der Waals surface area contributed by atoms with Crippen molar-refractivity contribution < 1.29 is 4.42 Å². The van der Waals surface area contributed by atoms with Gasteiger partial charge >= 0.3 is 0 Å². The zero-order valence-corrected chi connectivity index (χ0v) is 14.6. The summed E-state index contributed by atoms with van der Waals surface area (Å²) in [6.45, 7) is 2.13. The molecule has 0 atom stereocenters. The molecule has 26 heavy (non-hydrogen) atoms. The van der Waals surface area contributed by atoms with Gasteiger partial charge in [-0.25, -0.2) is 0 Å². The Labute approximate surface area is 152 Å². The first-order valence-electron chi connectivity index (χ1n) is 8.87. The second kappa shape index (κ2) is 5.89. The summed E-state index contributed by atoms with van der Waals surface area (Å²) in [5.74, 6) is 0. The monoisotopic (exact) mass is 334 g/mol.